The van der Waals surface area contributed by atoms with E-state index in [1.54, 1.807) is 19.4 Å². The van der Waals surface area contributed by atoms with Crippen molar-refractivity contribution in [1.29, 1.82) is 0 Å². The minimum atomic E-state index is -0.0404. The first-order valence-electron chi connectivity index (χ1n) is 7.24. The molecule has 116 valence electrons. The normalized spacial score (nSPS) is 10.3. The van der Waals surface area contributed by atoms with Gasteiger partial charge in [-0.3, -0.25) is 14.8 Å². The minimum Gasteiger partial charge on any atom is -0.496 e. The SMILES string of the molecule is COc1ccc(N(c2ccccc2)c2ccn[nH]2)cc1C(C)=O. The highest BCUT2D eigenvalue weighted by Crippen LogP contribution is 2.35. The van der Waals surface area contributed by atoms with Gasteiger partial charge in [0.2, 0.25) is 0 Å². The summed E-state index contributed by atoms with van der Waals surface area (Å²) in [6, 6.07) is 17.3. The van der Waals surface area contributed by atoms with E-state index < -0.39 is 0 Å². The van der Waals surface area contributed by atoms with Crippen molar-refractivity contribution in [2.24, 2.45) is 0 Å². The van der Waals surface area contributed by atoms with Crippen molar-refractivity contribution in [3.05, 3.63) is 66.4 Å². The number of aromatic nitrogens is 2. The van der Waals surface area contributed by atoms with Gasteiger partial charge in [0.1, 0.15) is 11.6 Å². The standard InChI is InChI=1S/C18H17N3O2/c1-13(22)16-12-15(8-9-17(16)23-2)21(18-10-11-19-20-18)14-6-4-3-5-7-14/h3-12H,1-2H3,(H,19,20). The number of H-pyrrole nitrogens is 1. The average Bonchev–Trinajstić information content (AvgIpc) is 3.10. The number of rotatable bonds is 5. The maximum Gasteiger partial charge on any atom is 0.163 e. The molecule has 0 aliphatic rings. The van der Waals surface area contributed by atoms with E-state index in [0.717, 1.165) is 17.2 Å². The fourth-order valence-electron chi connectivity index (χ4n) is 2.49. The molecular formula is C18H17N3O2. The molecule has 1 heterocycles. The second-order valence-electron chi connectivity index (χ2n) is 5.05. The third kappa shape index (κ3) is 2.94. The summed E-state index contributed by atoms with van der Waals surface area (Å²) in [5.74, 6) is 1.34. The molecule has 0 bridgehead atoms. The van der Waals surface area contributed by atoms with Gasteiger partial charge < -0.3 is 4.74 Å². The number of carbonyl (C=O) groups is 1. The molecular weight excluding hydrogens is 290 g/mol. The van der Waals surface area contributed by atoms with Crippen LogP contribution in [0.25, 0.3) is 0 Å². The lowest BCUT2D eigenvalue weighted by Gasteiger charge is -2.24. The van der Waals surface area contributed by atoms with Gasteiger partial charge in [-0.2, -0.15) is 5.10 Å². The van der Waals surface area contributed by atoms with Gasteiger partial charge >= 0.3 is 0 Å². The Morgan fingerprint density at radius 3 is 2.48 bits per heavy atom. The van der Waals surface area contributed by atoms with E-state index in [2.05, 4.69) is 10.2 Å². The number of ketones is 1. The maximum absolute atomic E-state index is 11.9. The van der Waals surface area contributed by atoms with Crippen molar-refractivity contribution in [3.63, 3.8) is 0 Å². The quantitative estimate of drug-likeness (QED) is 0.721. The predicted molar refractivity (Wildman–Crippen MR) is 89.8 cm³/mol. The molecule has 3 aromatic rings. The first kappa shape index (κ1) is 14.8. The van der Waals surface area contributed by atoms with Crippen molar-refractivity contribution in [2.75, 3.05) is 12.0 Å². The number of para-hydroxylation sites is 1. The van der Waals surface area contributed by atoms with Crippen LogP contribution in [0.15, 0.2) is 60.8 Å². The summed E-state index contributed by atoms with van der Waals surface area (Å²) in [4.78, 5) is 13.9. The summed E-state index contributed by atoms with van der Waals surface area (Å²) in [6.45, 7) is 1.53. The summed E-state index contributed by atoms with van der Waals surface area (Å²) in [5, 5.41) is 7.00. The lowest BCUT2D eigenvalue weighted by Crippen LogP contribution is -2.11. The van der Waals surface area contributed by atoms with Gasteiger partial charge in [-0.1, -0.05) is 18.2 Å². The summed E-state index contributed by atoms with van der Waals surface area (Å²) < 4.78 is 5.28. The molecule has 0 aliphatic carbocycles. The number of aromatic amines is 1. The van der Waals surface area contributed by atoms with Crippen LogP contribution in [0.4, 0.5) is 17.2 Å². The van der Waals surface area contributed by atoms with Crippen molar-refractivity contribution in [2.45, 2.75) is 6.92 Å². The van der Waals surface area contributed by atoms with Crippen LogP contribution in [-0.4, -0.2) is 23.1 Å². The zero-order valence-corrected chi connectivity index (χ0v) is 13.0. The Balaban J connectivity index is 2.15. The Labute approximate surface area is 134 Å². The van der Waals surface area contributed by atoms with E-state index >= 15 is 0 Å². The molecule has 23 heavy (non-hydrogen) atoms. The van der Waals surface area contributed by atoms with Crippen LogP contribution in [0.1, 0.15) is 17.3 Å². The van der Waals surface area contributed by atoms with E-state index in [4.69, 9.17) is 4.74 Å². The van der Waals surface area contributed by atoms with Gasteiger partial charge in [-0.25, -0.2) is 0 Å². The predicted octanol–water partition coefficient (Wildman–Crippen LogP) is 4.09. The molecule has 0 atom stereocenters. The van der Waals surface area contributed by atoms with E-state index in [1.165, 1.54) is 6.92 Å². The summed E-state index contributed by atoms with van der Waals surface area (Å²) in [5.41, 5.74) is 2.37. The fourth-order valence-corrected chi connectivity index (χ4v) is 2.49. The van der Waals surface area contributed by atoms with Crippen molar-refractivity contribution in [1.82, 2.24) is 10.2 Å². The summed E-state index contributed by atoms with van der Waals surface area (Å²) in [7, 11) is 1.56. The van der Waals surface area contributed by atoms with Gasteiger partial charge in [0, 0.05) is 17.4 Å². The highest BCUT2D eigenvalue weighted by atomic mass is 16.5. The molecule has 0 aliphatic heterocycles. The van der Waals surface area contributed by atoms with Crippen LogP contribution >= 0.6 is 0 Å². The van der Waals surface area contributed by atoms with Crippen LogP contribution in [0, 0.1) is 0 Å². The van der Waals surface area contributed by atoms with Gasteiger partial charge in [0.05, 0.1) is 18.9 Å². The van der Waals surface area contributed by atoms with Crippen LogP contribution in [0.3, 0.4) is 0 Å². The number of methoxy groups -OCH3 is 1. The van der Waals surface area contributed by atoms with E-state index in [9.17, 15) is 4.79 Å². The average molecular weight is 307 g/mol. The van der Waals surface area contributed by atoms with Crippen molar-refractivity contribution in [3.8, 4) is 5.75 Å². The van der Waals surface area contributed by atoms with E-state index in [1.807, 2.05) is 53.4 Å². The molecule has 1 N–H and O–H groups in total. The molecule has 0 radical (unpaired) electrons. The van der Waals surface area contributed by atoms with Crippen LogP contribution in [0.2, 0.25) is 0 Å². The number of nitrogens with zero attached hydrogens (tertiary/aromatic N) is 2. The first-order chi connectivity index (χ1) is 11.2. The molecule has 0 fully saturated rings. The highest BCUT2D eigenvalue weighted by molar-refractivity contribution is 5.98. The molecule has 0 unspecified atom stereocenters. The monoisotopic (exact) mass is 307 g/mol. The molecule has 0 amide bonds. The second-order valence-corrected chi connectivity index (χ2v) is 5.05. The third-order valence-electron chi connectivity index (χ3n) is 3.56. The van der Waals surface area contributed by atoms with Crippen LogP contribution in [-0.2, 0) is 0 Å². The van der Waals surface area contributed by atoms with Gasteiger partial charge in [0.25, 0.3) is 0 Å². The molecule has 3 rings (SSSR count). The Hall–Kier alpha value is -3.08. The topological polar surface area (TPSA) is 58.2 Å². The molecule has 5 heteroatoms. The Morgan fingerprint density at radius 1 is 1.09 bits per heavy atom. The maximum atomic E-state index is 11.9. The van der Waals surface area contributed by atoms with Gasteiger partial charge in [-0.05, 0) is 37.3 Å². The molecule has 2 aromatic carbocycles. The first-order valence-corrected chi connectivity index (χ1v) is 7.24. The third-order valence-corrected chi connectivity index (χ3v) is 3.56. The summed E-state index contributed by atoms with van der Waals surface area (Å²) >= 11 is 0. The largest absolute Gasteiger partial charge is 0.496 e. The number of hydrogen-bond donors (Lipinski definition) is 1. The molecule has 0 saturated carbocycles. The molecule has 0 saturated heterocycles. The fraction of sp³-hybridized carbons (Fsp3) is 0.111. The Morgan fingerprint density at radius 2 is 1.87 bits per heavy atom. The number of benzene rings is 2. The second kappa shape index (κ2) is 6.36. The number of anilines is 3. The number of ether oxygens (including phenoxy) is 1. The number of hydrogen-bond acceptors (Lipinski definition) is 4. The highest BCUT2D eigenvalue weighted by Gasteiger charge is 2.16. The number of carbonyl (C=O) groups excluding carboxylic acids is 1. The van der Waals surface area contributed by atoms with E-state index in [0.29, 0.717) is 11.3 Å². The molecule has 5 nitrogen and oxygen atoms in total. The number of nitrogens with one attached hydrogen (secondary N) is 1. The van der Waals surface area contributed by atoms with Gasteiger partial charge in [0.15, 0.2) is 5.78 Å². The molecule has 1 aromatic heterocycles. The minimum absolute atomic E-state index is 0.0404. The molecule has 0 spiro atoms. The van der Waals surface area contributed by atoms with Crippen LogP contribution < -0.4 is 9.64 Å². The van der Waals surface area contributed by atoms with Gasteiger partial charge in [-0.15, -0.1) is 0 Å². The number of Topliss-reactive ketones (excluding diaryl/α,β-unsaturated/α-hetero) is 1. The lowest BCUT2D eigenvalue weighted by atomic mass is 10.1. The van der Waals surface area contributed by atoms with E-state index in [-0.39, 0.29) is 5.78 Å². The zero-order valence-electron chi connectivity index (χ0n) is 13.0. The summed E-state index contributed by atoms with van der Waals surface area (Å²) in [6.07, 6.45) is 1.70. The lowest BCUT2D eigenvalue weighted by molar-refractivity contribution is 0.101. The Bertz CT molecular complexity index is 798. The zero-order chi connectivity index (χ0) is 16.2. The Kier molecular flexibility index (Phi) is 4.10. The van der Waals surface area contributed by atoms with Crippen LogP contribution in [0.5, 0.6) is 5.75 Å². The van der Waals surface area contributed by atoms with Crippen molar-refractivity contribution >= 4 is 23.0 Å². The van der Waals surface area contributed by atoms with Crippen molar-refractivity contribution < 1.29 is 9.53 Å². The smallest absolute Gasteiger partial charge is 0.163 e.